The highest BCUT2D eigenvalue weighted by Gasteiger charge is 2.76. The van der Waals surface area contributed by atoms with Crippen molar-refractivity contribution < 1.29 is 28.5 Å². The van der Waals surface area contributed by atoms with Crippen LogP contribution in [0.3, 0.4) is 0 Å². The number of hydrogen-bond acceptors (Lipinski definition) is 5. The van der Waals surface area contributed by atoms with Gasteiger partial charge in [0.25, 0.3) is 5.79 Å². The second-order valence-corrected chi connectivity index (χ2v) is 11.5. The van der Waals surface area contributed by atoms with Crippen molar-refractivity contribution in [2.75, 3.05) is 13.8 Å². The first-order valence-electron chi connectivity index (χ1n) is 10.8. The van der Waals surface area contributed by atoms with E-state index in [1.54, 1.807) is 13.2 Å². The third kappa shape index (κ3) is 2.49. The Morgan fingerprint density at radius 1 is 1.03 bits per heavy atom. The van der Waals surface area contributed by atoms with Crippen molar-refractivity contribution >= 4 is 18.4 Å². The summed E-state index contributed by atoms with van der Waals surface area (Å²) in [6.45, 7) is 1.19. The van der Waals surface area contributed by atoms with E-state index >= 15 is 0 Å². The summed E-state index contributed by atoms with van der Waals surface area (Å²) in [5, 5.41) is 1.69. The van der Waals surface area contributed by atoms with Crippen LogP contribution in [-0.2, 0) is 24.9 Å². The van der Waals surface area contributed by atoms with Crippen LogP contribution in [0.25, 0.3) is 10.8 Å². The number of benzene rings is 2. The lowest BCUT2D eigenvalue weighted by Crippen LogP contribution is -2.76. The molecule has 1 aliphatic heterocycles. The maximum Gasteiger partial charge on any atom is 0.373 e. The number of hydrogen-bond donors (Lipinski definition) is 1. The van der Waals surface area contributed by atoms with Gasteiger partial charge in [-0.1, -0.05) is 24.3 Å². The van der Waals surface area contributed by atoms with Crippen molar-refractivity contribution in [2.45, 2.75) is 43.5 Å². The lowest BCUT2D eigenvalue weighted by molar-refractivity contribution is -0.645. The molecule has 5 aliphatic rings. The topological polar surface area (TPSA) is 74.2 Å². The molecule has 1 saturated heterocycles. The van der Waals surface area contributed by atoms with E-state index in [2.05, 4.69) is 0 Å². The molecule has 4 saturated carbocycles. The normalized spacial score (nSPS) is 41.0. The lowest BCUT2D eigenvalue weighted by Gasteiger charge is -2.68. The molecule has 0 radical (unpaired) electrons. The average Bonchev–Trinajstić information content (AvgIpc) is 2.67. The molecule has 7 heteroatoms. The van der Waals surface area contributed by atoms with Gasteiger partial charge >= 0.3 is 7.60 Å². The van der Waals surface area contributed by atoms with Crippen LogP contribution in [0.15, 0.2) is 36.4 Å². The zero-order valence-corrected chi connectivity index (χ0v) is 18.1. The number of fused-ring (bicyclic) bond motifs is 1. The predicted molar refractivity (Wildman–Crippen MR) is 111 cm³/mol. The molecule has 0 amide bonds. The van der Waals surface area contributed by atoms with Gasteiger partial charge in [0.05, 0.1) is 0 Å². The second-order valence-electron chi connectivity index (χ2n) is 9.67. The number of rotatable bonds is 4. The van der Waals surface area contributed by atoms with Crippen LogP contribution < -0.4 is 4.52 Å². The Kier molecular flexibility index (Phi) is 4.05. The van der Waals surface area contributed by atoms with Gasteiger partial charge < -0.3 is 14.2 Å². The summed E-state index contributed by atoms with van der Waals surface area (Å²) in [5.74, 6) is 1.88. The van der Waals surface area contributed by atoms with Crippen LogP contribution in [0.2, 0.25) is 0 Å². The Hall–Kier alpha value is -1.43. The maximum atomic E-state index is 11.9. The van der Waals surface area contributed by atoms with Gasteiger partial charge in [0.15, 0.2) is 5.60 Å². The molecule has 1 spiro atoms. The first-order chi connectivity index (χ1) is 14.3. The second kappa shape index (κ2) is 6.30. The van der Waals surface area contributed by atoms with E-state index in [9.17, 15) is 9.46 Å². The Bertz CT molecular complexity index is 1030. The quantitative estimate of drug-likeness (QED) is 0.544. The van der Waals surface area contributed by atoms with Crippen LogP contribution in [0.1, 0.15) is 37.7 Å². The molecule has 5 fully saturated rings. The molecule has 30 heavy (non-hydrogen) atoms. The van der Waals surface area contributed by atoms with Crippen molar-refractivity contribution in [3.63, 3.8) is 0 Å². The van der Waals surface area contributed by atoms with E-state index in [0.717, 1.165) is 28.2 Å². The van der Waals surface area contributed by atoms with Crippen LogP contribution in [0, 0.1) is 23.7 Å². The van der Waals surface area contributed by atoms with E-state index < -0.39 is 19.0 Å². The summed E-state index contributed by atoms with van der Waals surface area (Å²) in [6.07, 6.45) is 6.05. The molecular formula is C23H27O6P. The fourth-order valence-electron chi connectivity index (χ4n) is 7.07. The minimum Gasteiger partial charge on any atom is -0.424 e. The number of ether oxygens (including phenoxy) is 1. The Labute approximate surface area is 175 Å². The van der Waals surface area contributed by atoms with Crippen molar-refractivity contribution in [1.29, 1.82) is 0 Å². The van der Waals surface area contributed by atoms with E-state index in [1.165, 1.54) is 38.8 Å². The Morgan fingerprint density at radius 3 is 2.30 bits per heavy atom. The fourth-order valence-corrected chi connectivity index (χ4v) is 7.59. The maximum absolute atomic E-state index is 11.9. The molecule has 160 valence electrons. The molecule has 2 atom stereocenters. The predicted octanol–water partition coefficient (Wildman–Crippen LogP) is 4.99. The first kappa shape index (κ1) is 19.3. The molecule has 2 aromatic rings. The first-order valence-corrected chi connectivity index (χ1v) is 12.8. The molecule has 4 aliphatic carbocycles. The van der Waals surface area contributed by atoms with Crippen LogP contribution in [-0.4, -0.2) is 24.3 Å². The SMILES string of the molecule is COC1(c2ccc3cccc(OP(C)(=O)O)c3c2)OOC12C1CC3CC(C1)CC2C3. The molecule has 7 rings (SSSR count). The van der Waals surface area contributed by atoms with Gasteiger partial charge in [0, 0.05) is 24.7 Å². The fraction of sp³-hybridized carbons (Fsp3) is 0.565. The summed E-state index contributed by atoms with van der Waals surface area (Å²) in [4.78, 5) is 21.7. The minimum atomic E-state index is -3.69. The molecule has 2 unspecified atom stereocenters. The third-order valence-corrected chi connectivity index (χ3v) is 8.48. The van der Waals surface area contributed by atoms with Gasteiger partial charge in [-0.05, 0) is 73.3 Å². The largest absolute Gasteiger partial charge is 0.424 e. The number of methoxy groups -OCH3 is 1. The van der Waals surface area contributed by atoms with Crippen molar-refractivity contribution in [2.24, 2.45) is 23.7 Å². The summed E-state index contributed by atoms with van der Waals surface area (Å²) < 4.78 is 23.4. The van der Waals surface area contributed by atoms with E-state index in [1.807, 2.05) is 30.3 Å². The summed E-state index contributed by atoms with van der Waals surface area (Å²) in [6, 6.07) is 11.5. The van der Waals surface area contributed by atoms with E-state index in [4.69, 9.17) is 19.0 Å². The Morgan fingerprint density at radius 2 is 1.73 bits per heavy atom. The highest BCUT2D eigenvalue weighted by molar-refractivity contribution is 7.52. The van der Waals surface area contributed by atoms with Gasteiger partial charge in [0.1, 0.15) is 5.75 Å². The summed E-state index contributed by atoms with van der Waals surface area (Å²) >= 11 is 0. The molecule has 0 aromatic heterocycles. The molecular weight excluding hydrogens is 403 g/mol. The third-order valence-electron chi connectivity index (χ3n) is 7.94. The van der Waals surface area contributed by atoms with Gasteiger partial charge in [-0.2, -0.15) is 4.89 Å². The smallest absolute Gasteiger partial charge is 0.373 e. The van der Waals surface area contributed by atoms with Crippen molar-refractivity contribution in [1.82, 2.24) is 0 Å². The van der Waals surface area contributed by atoms with Gasteiger partial charge in [-0.15, -0.1) is 0 Å². The molecule has 4 bridgehead atoms. The van der Waals surface area contributed by atoms with Gasteiger partial charge in [-0.3, -0.25) is 0 Å². The van der Waals surface area contributed by atoms with Gasteiger partial charge in [0.2, 0.25) is 0 Å². The molecule has 1 N–H and O–H groups in total. The highest BCUT2D eigenvalue weighted by Crippen LogP contribution is 2.69. The zero-order chi connectivity index (χ0) is 20.7. The van der Waals surface area contributed by atoms with Crippen molar-refractivity contribution in [3.05, 3.63) is 42.0 Å². The highest BCUT2D eigenvalue weighted by atomic mass is 31.2. The van der Waals surface area contributed by atoms with Crippen LogP contribution in [0.5, 0.6) is 5.75 Å². The van der Waals surface area contributed by atoms with E-state index in [-0.39, 0.29) is 0 Å². The Balaban J connectivity index is 1.47. The summed E-state index contributed by atoms with van der Waals surface area (Å²) in [7, 11) is -1.99. The summed E-state index contributed by atoms with van der Waals surface area (Å²) in [5.41, 5.74) is 0.409. The average molecular weight is 430 g/mol. The van der Waals surface area contributed by atoms with E-state index in [0.29, 0.717) is 17.6 Å². The zero-order valence-electron chi connectivity index (χ0n) is 17.2. The van der Waals surface area contributed by atoms with Crippen LogP contribution >= 0.6 is 7.60 Å². The lowest BCUT2D eigenvalue weighted by atomic mass is 9.47. The molecule has 1 heterocycles. The minimum absolute atomic E-state index is 0.383. The molecule has 6 nitrogen and oxygen atoms in total. The van der Waals surface area contributed by atoms with Gasteiger partial charge in [-0.25, -0.2) is 9.45 Å². The van der Waals surface area contributed by atoms with Crippen molar-refractivity contribution in [3.8, 4) is 5.75 Å². The van der Waals surface area contributed by atoms with Crippen LogP contribution in [0.4, 0.5) is 0 Å². The molecule has 2 aromatic carbocycles. The monoisotopic (exact) mass is 430 g/mol. The standard InChI is InChI=1S/C23H27O6P/c1-26-23(22(28-29-23)18-9-14-8-15(11-18)12-19(22)10-14)17-7-6-16-4-3-5-21(20(16)13-17)27-30(2,24)25/h3-7,13-15,18-19H,8-12H2,1-2H3,(H,24,25).